The third-order valence-electron chi connectivity index (χ3n) is 2.40. The molecule has 2 aromatic rings. The normalized spacial score (nSPS) is 12.3. The van der Waals surface area contributed by atoms with E-state index < -0.39 is 0 Å². The van der Waals surface area contributed by atoms with Gasteiger partial charge in [0.25, 0.3) is 0 Å². The molecule has 0 aliphatic rings. The van der Waals surface area contributed by atoms with Crippen molar-refractivity contribution in [2.75, 3.05) is 0 Å². The van der Waals surface area contributed by atoms with Crippen LogP contribution in [0.4, 0.5) is 0 Å². The monoisotopic (exact) mass is 188 g/mol. The summed E-state index contributed by atoms with van der Waals surface area (Å²) in [5, 5.41) is 0. The number of imidazole rings is 1. The second-order valence-corrected chi connectivity index (χ2v) is 4.84. The first-order chi connectivity index (χ1) is 6.48. The lowest BCUT2D eigenvalue weighted by atomic mass is 9.91. The van der Waals surface area contributed by atoms with E-state index in [0.29, 0.717) is 0 Å². The minimum Gasteiger partial charge on any atom is -0.306 e. The minimum atomic E-state index is 0.114. The number of hydrogen-bond donors (Lipinski definition) is 0. The summed E-state index contributed by atoms with van der Waals surface area (Å²) in [5.41, 5.74) is 3.78. The lowest BCUT2D eigenvalue weighted by Crippen LogP contribution is -2.12. The summed E-state index contributed by atoms with van der Waals surface area (Å²) in [6.45, 7) is 8.69. The Bertz CT molecular complexity index is 461. The van der Waals surface area contributed by atoms with Gasteiger partial charge in [-0.1, -0.05) is 20.8 Å². The van der Waals surface area contributed by atoms with E-state index in [4.69, 9.17) is 0 Å². The van der Waals surface area contributed by atoms with Gasteiger partial charge in [-0.15, -0.1) is 0 Å². The van der Waals surface area contributed by atoms with Crippen LogP contribution in [0, 0.1) is 6.92 Å². The molecule has 0 N–H and O–H groups in total. The Morgan fingerprint density at radius 2 is 2.00 bits per heavy atom. The molecule has 0 bridgehead atoms. The van der Waals surface area contributed by atoms with E-state index in [9.17, 15) is 0 Å². The highest BCUT2D eigenvalue weighted by atomic mass is 15.0. The molecule has 14 heavy (non-hydrogen) atoms. The minimum absolute atomic E-state index is 0.114. The summed E-state index contributed by atoms with van der Waals surface area (Å²) >= 11 is 0. The highest BCUT2D eigenvalue weighted by Crippen LogP contribution is 2.25. The largest absolute Gasteiger partial charge is 0.306 e. The molecule has 0 fully saturated rings. The third kappa shape index (κ3) is 1.41. The Morgan fingerprint density at radius 1 is 1.29 bits per heavy atom. The quantitative estimate of drug-likeness (QED) is 0.621. The van der Waals surface area contributed by atoms with Crippen molar-refractivity contribution in [1.82, 2.24) is 9.38 Å². The zero-order valence-electron chi connectivity index (χ0n) is 9.20. The van der Waals surface area contributed by atoms with Crippen molar-refractivity contribution in [3.05, 3.63) is 35.9 Å². The zero-order valence-corrected chi connectivity index (χ0v) is 9.20. The molecule has 0 saturated carbocycles. The van der Waals surface area contributed by atoms with E-state index >= 15 is 0 Å². The van der Waals surface area contributed by atoms with Crippen LogP contribution in [-0.4, -0.2) is 9.38 Å². The van der Waals surface area contributed by atoms with E-state index in [-0.39, 0.29) is 5.41 Å². The van der Waals surface area contributed by atoms with Gasteiger partial charge < -0.3 is 4.40 Å². The maximum atomic E-state index is 4.47. The van der Waals surface area contributed by atoms with E-state index in [1.165, 1.54) is 16.8 Å². The van der Waals surface area contributed by atoms with Gasteiger partial charge in [-0.05, 0) is 24.6 Å². The molecule has 2 heteroatoms. The van der Waals surface area contributed by atoms with Crippen molar-refractivity contribution in [2.45, 2.75) is 33.1 Å². The molecule has 0 aliphatic carbocycles. The predicted octanol–water partition coefficient (Wildman–Crippen LogP) is 2.94. The summed E-state index contributed by atoms with van der Waals surface area (Å²) in [6.07, 6.45) is 3.95. The maximum absolute atomic E-state index is 4.47. The fourth-order valence-electron chi connectivity index (χ4n) is 1.67. The second-order valence-electron chi connectivity index (χ2n) is 4.84. The van der Waals surface area contributed by atoms with Crippen LogP contribution in [0.1, 0.15) is 32.0 Å². The number of nitrogens with zero attached hydrogens (tertiary/aromatic N) is 2. The molecule has 0 radical (unpaired) electrons. The van der Waals surface area contributed by atoms with Crippen LogP contribution < -0.4 is 0 Å². The standard InChI is InChI=1S/C12H16N2/c1-9-5-6-14-8-13-11(10(14)7-9)12(2,3)4/h5-8H,1-4H3. The highest BCUT2D eigenvalue weighted by molar-refractivity contribution is 5.56. The van der Waals surface area contributed by atoms with Crippen LogP contribution in [-0.2, 0) is 5.41 Å². The zero-order chi connectivity index (χ0) is 10.3. The Hall–Kier alpha value is -1.31. The van der Waals surface area contributed by atoms with Crippen LogP contribution >= 0.6 is 0 Å². The predicted molar refractivity (Wildman–Crippen MR) is 58.6 cm³/mol. The van der Waals surface area contributed by atoms with E-state index in [1.807, 2.05) is 6.33 Å². The number of fused-ring (bicyclic) bond motifs is 1. The molecular weight excluding hydrogens is 172 g/mol. The van der Waals surface area contributed by atoms with Crippen LogP contribution in [0.25, 0.3) is 5.52 Å². The molecule has 74 valence electrons. The number of aryl methyl sites for hydroxylation is 1. The van der Waals surface area contributed by atoms with E-state index in [0.717, 1.165) is 0 Å². The summed E-state index contributed by atoms with van der Waals surface area (Å²) in [4.78, 5) is 4.47. The van der Waals surface area contributed by atoms with Crippen LogP contribution in [0.3, 0.4) is 0 Å². The molecule has 2 nitrogen and oxygen atoms in total. The molecule has 2 rings (SSSR count). The van der Waals surface area contributed by atoms with Gasteiger partial charge in [0.2, 0.25) is 0 Å². The average molecular weight is 188 g/mol. The number of hydrogen-bond acceptors (Lipinski definition) is 1. The molecule has 0 saturated heterocycles. The van der Waals surface area contributed by atoms with Crippen molar-refractivity contribution < 1.29 is 0 Å². The molecule has 0 spiro atoms. The summed E-state index contributed by atoms with van der Waals surface area (Å²) in [5.74, 6) is 0. The number of aromatic nitrogens is 2. The SMILES string of the molecule is Cc1ccn2cnc(C(C)(C)C)c2c1. The van der Waals surface area contributed by atoms with Crippen molar-refractivity contribution in [1.29, 1.82) is 0 Å². The van der Waals surface area contributed by atoms with Crippen molar-refractivity contribution in [2.24, 2.45) is 0 Å². The molecule has 0 aromatic carbocycles. The lowest BCUT2D eigenvalue weighted by Gasteiger charge is -2.15. The van der Waals surface area contributed by atoms with Gasteiger partial charge in [0, 0.05) is 11.6 Å². The van der Waals surface area contributed by atoms with Crippen LogP contribution in [0.2, 0.25) is 0 Å². The molecule has 0 atom stereocenters. The molecule has 0 amide bonds. The van der Waals surface area contributed by atoms with Gasteiger partial charge in [-0.3, -0.25) is 0 Å². The first-order valence-corrected chi connectivity index (χ1v) is 4.92. The van der Waals surface area contributed by atoms with Crippen molar-refractivity contribution in [3.63, 3.8) is 0 Å². The summed E-state index contributed by atoms with van der Waals surface area (Å²) in [6, 6.07) is 4.29. The van der Waals surface area contributed by atoms with Crippen molar-refractivity contribution >= 4 is 5.52 Å². The first kappa shape index (κ1) is 9.25. The van der Waals surface area contributed by atoms with Gasteiger partial charge >= 0.3 is 0 Å². The Labute approximate surface area is 84.6 Å². The molecule has 2 heterocycles. The first-order valence-electron chi connectivity index (χ1n) is 4.92. The molecule has 0 unspecified atom stereocenters. The topological polar surface area (TPSA) is 17.3 Å². The number of rotatable bonds is 0. The summed E-state index contributed by atoms with van der Waals surface area (Å²) in [7, 11) is 0. The third-order valence-corrected chi connectivity index (χ3v) is 2.40. The molecule has 0 aliphatic heterocycles. The van der Waals surface area contributed by atoms with Gasteiger partial charge in [0.05, 0.1) is 17.5 Å². The van der Waals surface area contributed by atoms with Crippen molar-refractivity contribution in [3.8, 4) is 0 Å². The van der Waals surface area contributed by atoms with E-state index in [1.54, 1.807) is 0 Å². The Kier molecular flexibility index (Phi) is 1.88. The highest BCUT2D eigenvalue weighted by Gasteiger charge is 2.19. The number of pyridine rings is 1. The summed E-state index contributed by atoms with van der Waals surface area (Å²) < 4.78 is 2.08. The molecule has 2 aromatic heterocycles. The average Bonchev–Trinajstić information content (AvgIpc) is 2.45. The molecular formula is C12H16N2. The smallest absolute Gasteiger partial charge is 0.0995 e. The Balaban J connectivity index is 2.73. The van der Waals surface area contributed by atoms with Gasteiger partial charge in [-0.25, -0.2) is 4.98 Å². The fraction of sp³-hybridized carbons (Fsp3) is 0.417. The van der Waals surface area contributed by atoms with Crippen LogP contribution in [0.15, 0.2) is 24.7 Å². The second kappa shape index (κ2) is 2.84. The van der Waals surface area contributed by atoms with Gasteiger partial charge in [-0.2, -0.15) is 0 Å². The fourth-order valence-corrected chi connectivity index (χ4v) is 1.67. The van der Waals surface area contributed by atoms with Crippen LogP contribution in [0.5, 0.6) is 0 Å². The van der Waals surface area contributed by atoms with Gasteiger partial charge in [0.15, 0.2) is 0 Å². The Morgan fingerprint density at radius 3 is 2.64 bits per heavy atom. The van der Waals surface area contributed by atoms with E-state index in [2.05, 4.69) is 55.4 Å². The maximum Gasteiger partial charge on any atom is 0.0995 e. The lowest BCUT2D eigenvalue weighted by molar-refractivity contribution is 0.578. The van der Waals surface area contributed by atoms with Gasteiger partial charge in [0.1, 0.15) is 0 Å².